The molecule has 1 aromatic heterocycles. The van der Waals surface area contributed by atoms with Gasteiger partial charge >= 0.3 is 0 Å². The van der Waals surface area contributed by atoms with Crippen LogP contribution in [0.1, 0.15) is 37.7 Å². The maximum absolute atomic E-state index is 5.72. The van der Waals surface area contributed by atoms with E-state index in [9.17, 15) is 0 Å². The predicted octanol–water partition coefficient (Wildman–Crippen LogP) is 2.26. The molecule has 17 heavy (non-hydrogen) atoms. The first-order valence-corrected chi connectivity index (χ1v) is 7.90. The van der Waals surface area contributed by atoms with Crippen molar-refractivity contribution in [2.45, 2.75) is 49.0 Å². The van der Waals surface area contributed by atoms with Gasteiger partial charge in [0.05, 0.1) is 5.25 Å². The second kappa shape index (κ2) is 5.63. The van der Waals surface area contributed by atoms with E-state index in [1.54, 1.807) is 0 Å². The lowest BCUT2D eigenvalue weighted by Crippen LogP contribution is -2.22. The molecule has 4 atom stereocenters. The summed E-state index contributed by atoms with van der Waals surface area (Å²) in [6.07, 6.45) is 0.656. The summed E-state index contributed by atoms with van der Waals surface area (Å²) in [5.41, 5.74) is 5.72. The first kappa shape index (κ1) is 13.2. The van der Waals surface area contributed by atoms with E-state index in [0.717, 1.165) is 11.6 Å². The molecule has 2 heterocycles. The smallest absolute Gasteiger partial charge is 0.228 e. The second-order valence-corrected chi connectivity index (χ2v) is 7.59. The topological polar surface area (TPSA) is 64.9 Å². The standard InChI is InChI=1S/C11H19N3OS2/c1-6(12)4-10-13-11(14-15-10)9-5-16-7(2)8(3)17-9/h6-9H,4-5,12H2,1-3H3. The van der Waals surface area contributed by atoms with Crippen LogP contribution >= 0.6 is 23.5 Å². The maximum atomic E-state index is 5.72. The maximum Gasteiger partial charge on any atom is 0.228 e. The molecule has 0 spiro atoms. The summed E-state index contributed by atoms with van der Waals surface area (Å²) < 4.78 is 5.23. The van der Waals surface area contributed by atoms with Crippen LogP contribution < -0.4 is 5.73 Å². The van der Waals surface area contributed by atoms with E-state index >= 15 is 0 Å². The zero-order valence-electron chi connectivity index (χ0n) is 10.4. The molecule has 1 saturated heterocycles. The molecule has 0 saturated carbocycles. The number of thioether (sulfide) groups is 2. The van der Waals surface area contributed by atoms with Crippen LogP contribution in [-0.2, 0) is 6.42 Å². The van der Waals surface area contributed by atoms with E-state index in [1.165, 1.54) is 0 Å². The Hall–Kier alpha value is -0.200. The van der Waals surface area contributed by atoms with Gasteiger partial charge in [0, 0.05) is 28.7 Å². The van der Waals surface area contributed by atoms with Gasteiger partial charge in [0.1, 0.15) is 0 Å². The van der Waals surface area contributed by atoms with Crippen molar-refractivity contribution in [2.75, 3.05) is 5.75 Å². The van der Waals surface area contributed by atoms with Crippen molar-refractivity contribution < 1.29 is 4.52 Å². The fraction of sp³-hybridized carbons (Fsp3) is 0.818. The minimum absolute atomic E-state index is 0.0654. The molecule has 1 aliphatic rings. The molecule has 0 bridgehead atoms. The third-order valence-electron chi connectivity index (χ3n) is 2.82. The van der Waals surface area contributed by atoms with Crippen molar-refractivity contribution >= 4 is 23.5 Å². The SMILES string of the molecule is CC(N)Cc1nc(C2CSC(C)C(C)S2)no1. The number of rotatable bonds is 3. The van der Waals surface area contributed by atoms with Crippen molar-refractivity contribution in [3.05, 3.63) is 11.7 Å². The van der Waals surface area contributed by atoms with Crippen molar-refractivity contribution in [1.29, 1.82) is 0 Å². The molecular formula is C11H19N3OS2. The summed E-state index contributed by atoms with van der Waals surface area (Å²) in [4.78, 5) is 4.44. The Morgan fingerprint density at radius 3 is 2.88 bits per heavy atom. The Bertz CT molecular complexity index is 369. The monoisotopic (exact) mass is 273 g/mol. The van der Waals surface area contributed by atoms with Gasteiger partial charge in [-0.1, -0.05) is 19.0 Å². The fourth-order valence-electron chi connectivity index (χ4n) is 1.68. The fourth-order valence-corrected chi connectivity index (χ4v) is 4.51. The minimum Gasteiger partial charge on any atom is -0.339 e. The highest BCUT2D eigenvalue weighted by Crippen LogP contribution is 2.43. The molecule has 6 heteroatoms. The molecular weight excluding hydrogens is 254 g/mol. The van der Waals surface area contributed by atoms with Crippen LogP contribution in [0.4, 0.5) is 0 Å². The molecule has 4 nitrogen and oxygen atoms in total. The second-order valence-electron chi connectivity index (χ2n) is 4.60. The van der Waals surface area contributed by atoms with Gasteiger partial charge in [-0.2, -0.15) is 16.7 Å². The van der Waals surface area contributed by atoms with Gasteiger partial charge in [-0.05, 0) is 6.92 Å². The highest BCUT2D eigenvalue weighted by molar-refractivity contribution is 8.07. The van der Waals surface area contributed by atoms with E-state index in [0.29, 0.717) is 28.1 Å². The lowest BCUT2D eigenvalue weighted by molar-refractivity contribution is 0.367. The van der Waals surface area contributed by atoms with E-state index < -0.39 is 0 Å². The van der Waals surface area contributed by atoms with Crippen LogP contribution in [0.5, 0.6) is 0 Å². The van der Waals surface area contributed by atoms with Crippen LogP contribution in [0.2, 0.25) is 0 Å². The Morgan fingerprint density at radius 2 is 2.24 bits per heavy atom. The third kappa shape index (κ3) is 3.39. The highest BCUT2D eigenvalue weighted by atomic mass is 32.2. The Morgan fingerprint density at radius 1 is 1.47 bits per heavy atom. The molecule has 0 radical (unpaired) electrons. The Balaban J connectivity index is 2.00. The average Bonchev–Trinajstić information content (AvgIpc) is 2.69. The zero-order valence-corrected chi connectivity index (χ0v) is 12.1. The van der Waals surface area contributed by atoms with Crippen LogP contribution in [0.15, 0.2) is 4.52 Å². The molecule has 0 aliphatic carbocycles. The van der Waals surface area contributed by atoms with Gasteiger partial charge in [0.2, 0.25) is 5.89 Å². The highest BCUT2D eigenvalue weighted by Gasteiger charge is 2.29. The van der Waals surface area contributed by atoms with Gasteiger partial charge in [0.25, 0.3) is 0 Å². The number of nitrogens with two attached hydrogens (primary N) is 1. The number of nitrogens with zero attached hydrogens (tertiary/aromatic N) is 2. The van der Waals surface area contributed by atoms with Crippen LogP contribution in [-0.4, -0.2) is 32.4 Å². The summed E-state index contributed by atoms with van der Waals surface area (Å²) in [6.45, 7) is 6.48. The number of hydrogen-bond acceptors (Lipinski definition) is 6. The summed E-state index contributed by atoms with van der Waals surface area (Å²) >= 11 is 3.93. The van der Waals surface area contributed by atoms with Gasteiger partial charge in [-0.3, -0.25) is 0 Å². The van der Waals surface area contributed by atoms with Gasteiger partial charge in [-0.25, -0.2) is 0 Å². The summed E-state index contributed by atoms with van der Waals surface area (Å²) in [5, 5.41) is 5.77. The molecule has 1 fully saturated rings. The summed E-state index contributed by atoms with van der Waals surface area (Å²) in [6, 6.07) is 0.0654. The number of aromatic nitrogens is 2. The minimum atomic E-state index is 0.0654. The van der Waals surface area contributed by atoms with E-state index in [2.05, 4.69) is 24.0 Å². The number of hydrogen-bond donors (Lipinski definition) is 1. The van der Waals surface area contributed by atoms with Crippen molar-refractivity contribution in [3.8, 4) is 0 Å². The average molecular weight is 273 g/mol. The van der Waals surface area contributed by atoms with Crippen LogP contribution in [0.25, 0.3) is 0 Å². The van der Waals surface area contributed by atoms with Crippen LogP contribution in [0, 0.1) is 0 Å². The van der Waals surface area contributed by atoms with Crippen molar-refractivity contribution in [1.82, 2.24) is 10.1 Å². The summed E-state index contributed by atoms with van der Waals surface area (Å²) in [7, 11) is 0. The summed E-state index contributed by atoms with van der Waals surface area (Å²) in [5.74, 6) is 2.55. The van der Waals surface area contributed by atoms with Crippen LogP contribution in [0.3, 0.4) is 0 Å². The molecule has 96 valence electrons. The van der Waals surface area contributed by atoms with Gasteiger partial charge < -0.3 is 10.3 Å². The van der Waals surface area contributed by atoms with Crippen molar-refractivity contribution in [2.24, 2.45) is 5.73 Å². The quantitative estimate of drug-likeness (QED) is 0.911. The normalized spacial score (nSPS) is 31.4. The molecule has 0 aromatic carbocycles. The molecule has 1 aliphatic heterocycles. The van der Waals surface area contributed by atoms with E-state index in [1.807, 2.05) is 30.4 Å². The lowest BCUT2D eigenvalue weighted by atomic mass is 10.2. The molecule has 1 aromatic rings. The van der Waals surface area contributed by atoms with E-state index in [-0.39, 0.29) is 6.04 Å². The Labute approximate surface area is 110 Å². The van der Waals surface area contributed by atoms with E-state index in [4.69, 9.17) is 10.3 Å². The zero-order chi connectivity index (χ0) is 12.4. The largest absolute Gasteiger partial charge is 0.339 e. The van der Waals surface area contributed by atoms with Gasteiger partial charge in [-0.15, -0.1) is 11.8 Å². The Kier molecular flexibility index (Phi) is 4.38. The molecule has 2 N–H and O–H groups in total. The molecule has 4 unspecified atom stereocenters. The predicted molar refractivity (Wildman–Crippen MR) is 73.4 cm³/mol. The molecule has 0 amide bonds. The van der Waals surface area contributed by atoms with Gasteiger partial charge in [0.15, 0.2) is 5.82 Å². The molecule has 2 rings (SSSR count). The van der Waals surface area contributed by atoms with Crippen molar-refractivity contribution in [3.63, 3.8) is 0 Å². The first-order chi connectivity index (χ1) is 8.06. The lowest BCUT2D eigenvalue weighted by Gasteiger charge is -2.29. The first-order valence-electron chi connectivity index (χ1n) is 5.91. The third-order valence-corrected chi connectivity index (χ3v) is 6.21.